The molecule has 1 aliphatic heterocycles. The second kappa shape index (κ2) is 4.94. The topological polar surface area (TPSA) is 33.2 Å². The third-order valence-electron chi connectivity index (χ3n) is 2.73. The Morgan fingerprint density at radius 2 is 2.33 bits per heavy atom. The molecule has 1 saturated heterocycles. The number of carbonyl (C=O) groups excluding carboxylic acids is 1. The number of piperidine rings is 1. The molecule has 0 N–H and O–H groups in total. The lowest BCUT2D eigenvalue weighted by molar-refractivity contribution is -0.119. The average Bonchev–Trinajstić information content (AvgIpc) is 2.78. The number of likely N-dealkylation sites (tertiary alicyclic amines) is 1. The quantitative estimate of drug-likeness (QED) is 0.604. The number of hydrogen-bond acceptors (Lipinski definition) is 3. The molecule has 0 saturated carbocycles. The summed E-state index contributed by atoms with van der Waals surface area (Å²) in [6.07, 6.45) is 2.98. The first-order valence-electron chi connectivity index (χ1n) is 5.03. The van der Waals surface area contributed by atoms with Crippen molar-refractivity contribution in [2.75, 3.05) is 13.1 Å². The zero-order chi connectivity index (χ0) is 10.7. The number of alkyl halides is 1. The van der Waals surface area contributed by atoms with Gasteiger partial charge in [-0.05, 0) is 12.8 Å². The van der Waals surface area contributed by atoms with Crippen molar-refractivity contribution in [1.29, 1.82) is 0 Å². The molecule has 82 valence electrons. The number of aromatic nitrogens is 1. The fraction of sp³-hybridized carbons (Fsp3) is 0.600. The first-order valence-corrected chi connectivity index (χ1v) is 6.44. The van der Waals surface area contributed by atoms with Gasteiger partial charge in [-0.25, -0.2) is 4.98 Å². The Labute approximate surface area is 98.1 Å². The lowest BCUT2D eigenvalue weighted by Gasteiger charge is -2.27. The minimum absolute atomic E-state index is 0.490. The van der Waals surface area contributed by atoms with Gasteiger partial charge in [-0.3, -0.25) is 4.79 Å². The van der Waals surface area contributed by atoms with Gasteiger partial charge in [0.15, 0.2) is 0 Å². The molecule has 1 aromatic rings. The Morgan fingerprint density at radius 1 is 1.60 bits per heavy atom. The van der Waals surface area contributed by atoms with Crippen LogP contribution in [0.5, 0.6) is 0 Å². The summed E-state index contributed by atoms with van der Waals surface area (Å²) < 4.78 is 0. The van der Waals surface area contributed by atoms with Crippen LogP contribution < -0.4 is 0 Å². The molecule has 0 unspecified atom stereocenters. The minimum Gasteiger partial charge on any atom is -0.345 e. The smallest absolute Gasteiger partial charge is 0.209 e. The molecule has 0 aliphatic carbocycles. The van der Waals surface area contributed by atoms with Gasteiger partial charge in [-0.1, -0.05) is 0 Å². The zero-order valence-corrected chi connectivity index (χ0v) is 9.93. The SMILES string of the molecule is O=CN1CCC(c2nc(CCl)cs2)CC1. The van der Waals surface area contributed by atoms with Crippen molar-refractivity contribution in [3.05, 3.63) is 16.1 Å². The number of amides is 1. The Balaban J connectivity index is 1.97. The molecular weight excluding hydrogens is 232 g/mol. The van der Waals surface area contributed by atoms with E-state index in [9.17, 15) is 4.79 Å². The van der Waals surface area contributed by atoms with Gasteiger partial charge in [0.25, 0.3) is 0 Å². The highest BCUT2D eigenvalue weighted by Crippen LogP contribution is 2.30. The number of halogens is 1. The molecule has 1 fully saturated rings. The van der Waals surface area contributed by atoms with Crippen LogP contribution in [0.2, 0.25) is 0 Å². The maximum atomic E-state index is 10.5. The van der Waals surface area contributed by atoms with Crippen molar-refractivity contribution < 1.29 is 4.79 Å². The molecule has 3 nitrogen and oxygen atoms in total. The number of thiazole rings is 1. The van der Waals surface area contributed by atoms with Crippen LogP contribution in [0.1, 0.15) is 29.5 Å². The standard InChI is InChI=1S/C10H13ClN2OS/c11-5-9-6-15-10(12-9)8-1-3-13(7-14)4-2-8/h6-8H,1-5H2. The van der Waals surface area contributed by atoms with Crippen LogP contribution in [0.15, 0.2) is 5.38 Å². The van der Waals surface area contributed by atoms with E-state index in [-0.39, 0.29) is 0 Å². The van der Waals surface area contributed by atoms with Crippen LogP contribution in [0.25, 0.3) is 0 Å². The predicted molar refractivity (Wildman–Crippen MR) is 61.3 cm³/mol. The van der Waals surface area contributed by atoms with Crippen LogP contribution in [0.4, 0.5) is 0 Å². The van der Waals surface area contributed by atoms with Crippen LogP contribution in [-0.4, -0.2) is 29.4 Å². The summed E-state index contributed by atoms with van der Waals surface area (Å²) in [7, 11) is 0. The van der Waals surface area contributed by atoms with E-state index >= 15 is 0 Å². The Bertz CT molecular complexity index is 334. The highest BCUT2D eigenvalue weighted by atomic mass is 35.5. The van der Waals surface area contributed by atoms with E-state index in [2.05, 4.69) is 4.98 Å². The third kappa shape index (κ3) is 2.49. The summed E-state index contributed by atoms with van der Waals surface area (Å²) in [6.45, 7) is 1.70. The largest absolute Gasteiger partial charge is 0.345 e. The molecule has 2 rings (SSSR count). The van der Waals surface area contributed by atoms with Crippen molar-refractivity contribution >= 4 is 29.3 Å². The predicted octanol–water partition coefficient (Wildman–Crippen LogP) is 2.22. The van der Waals surface area contributed by atoms with E-state index in [4.69, 9.17) is 11.6 Å². The summed E-state index contributed by atoms with van der Waals surface area (Å²) in [5, 5.41) is 3.20. The van der Waals surface area contributed by atoms with Gasteiger partial charge in [0.05, 0.1) is 16.6 Å². The fourth-order valence-electron chi connectivity index (χ4n) is 1.82. The van der Waals surface area contributed by atoms with Crippen molar-refractivity contribution in [1.82, 2.24) is 9.88 Å². The summed E-state index contributed by atoms with van der Waals surface area (Å²) in [5.74, 6) is 1.01. The fourth-order valence-corrected chi connectivity index (χ4v) is 3.04. The number of rotatable bonds is 3. The molecule has 15 heavy (non-hydrogen) atoms. The van der Waals surface area contributed by atoms with Gasteiger partial charge < -0.3 is 4.90 Å². The summed E-state index contributed by atoms with van der Waals surface area (Å²) in [4.78, 5) is 16.9. The normalized spacial score (nSPS) is 18.1. The Morgan fingerprint density at radius 3 is 2.87 bits per heavy atom. The van der Waals surface area contributed by atoms with E-state index < -0.39 is 0 Å². The van der Waals surface area contributed by atoms with Crippen molar-refractivity contribution in [2.24, 2.45) is 0 Å². The second-order valence-electron chi connectivity index (χ2n) is 3.73. The maximum absolute atomic E-state index is 10.5. The molecule has 0 spiro atoms. The van der Waals surface area contributed by atoms with Crippen molar-refractivity contribution in [3.63, 3.8) is 0 Å². The monoisotopic (exact) mass is 244 g/mol. The Kier molecular flexibility index (Phi) is 3.59. The molecule has 0 atom stereocenters. The van der Waals surface area contributed by atoms with E-state index in [1.165, 1.54) is 5.01 Å². The molecule has 1 aromatic heterocycles. The number of carbonyl (C=O) groups is 1. The van der Waals surface area contributed by atoms with Crippen LogP contribution in [-0.2, 0) is 10.7 Å². The van der Waals surface area contributed by atoms with Gasteiger partial charge in [0.2, 0.25) is 6.41 Å². The molecule has 5 heteroatoms. The van der Waals surface area contributed by atoms with E-state index in [0.717, 1.165) is 38.0 Å². The highest BCUT2D eigenvalue weighted by Gasteiger charge is 2.21. The van der Waals surface area contributed by atoms with Crippen molar-refractivity contribution in [2.45, 2.75) is 24.6 Å². The number of nitrogens with zero attached hydrogens (tertiary/aromatic N) is 2. The lowest BCUT2D eigenvalue weighted by atomic mass is 9.98. The average molecular weight is 245 g/mol. The lowest BCUT2D eigenvalue weighted by Crippen LogP contribution is -2.31. The van der Waals surface area contributed by atoms with Crippen molar-refractivity contribution in [3.8, 4) is 0 Å². The van der Waals surface area contributed by atoms with Gasteiger partial charge in [0, 0.05) is 24.4 Å². The molecule has 1 amide bonds. The summed E-state index contributed by atoms with van der Waals surface area (Å²) in [5.41, 5.74) is 0.967. The zero-order valence-electron chi connectivity index (χ0n) is 8.36. The molecule has 1 aliphatic rings. The van der Waals surface area contributed by atoms with Crippen LogP contribution in [0.3, 0.4) is 0 Å². The third-order valence-corrected chi connectivity index (χ3v) is 4.06. The second-order valence-corrected chi connectivity index (χ2v) is 4.88. The molecule has 0 bridgehead atoms. The van der Waals surface area contributed by atoms with Gasteiger partial charge >= 0.3 is 0 Å². The van der Waals surface area contributed by atoms with Gasteiger partial charge in [0.1, 0.15) is 0 Å². The first kappa shape index (κ1) is 10.9. The van der Waals surface area contributed by atoms with Gasteiger partial charge in [-0.15, -0.1) is 22.9 Å². The first-order chi connectivity index (χ1) is 7.33. The maximum Gasteiger partial charge on any atom is 0.209 e. The molecular formula is C10H13ClN2OS. The van der Waals surface area contributed by atoms with E-state index in [1.807, 2.05) is 10.3 Å². The highest BCUT2D eigenvalue weighted by molar-refractivity contribution is 7.09. The van der Waals surface area contributed by atoms with E-state index in [0.29, 0.717) is 11.8 Å². The van der Waals surface area contributed by atoms with Crippen LogP contribution >= 0.6 is 22.9 Å². The molecule has 0 aromatic carbocycles. The summed E-state index contributed by atoms with van der Waals surface area (Å²) in [6, 6.07) is 0. The minimum atomic E-state index is 0.490. The molecule has 0 radical (unpaired) electrons. The van der Waals surface area contributed by atoms with E-state index in [1.54, 1.807) is 11.3 Å². The molecule has 2 heterocycles. The Hall–Kier alpha value is -0.610. The van der Waals surface area contributed by atoms with Crippen LogP contribution in [0, 0.1) is 0 Å². The number of hydrogen-bond donors (Lipinski definition) is 0. The van der Waals surface area contributed by atoms with Gasteiger partial charge in [-0.2, -0.15) is 0 Å². The summed E-state index contributed by atoms with van der Waals surface area (Å²) >= 11 is 7.40.